The summed E-state index contributed by atoms with van der Waals surface area (Å²) in [6.07, 6.45) is 0.933. The quantitative estimate of drug-likeness (QED) is 0.756. The Morgan fingerprint density at radius 2 is 2.31 bits per heavy atom. The lowest BCUT2D eigenvalue weighted by atomic mass is 10.2. The van der Waals surface area contributed by atoms with E-state index in [4.69, 9.17) is 5.26 Å². The smallest absolute Gasteiger partial charge is 0.239 e. The second kappa shape index (κ2) is 4.67. The van der Waals surface area contributed by atoms with E-state index in [9.17, 15) is 4.79 Å². The number of carbonyl (C=O) groups excluding carboxylic acids is 1. The van der Waals surface area contributed by atoms with Gasteiger partial charge in [0, 0.05) is 18.8 Å². The van der Waals surface area contributed by atoms with Crippen LogP contribution in [0.3, 0.4) is 0 Å². The number of carbonyl (C=O) groups is 1. The molecule has 4 heteroatoms. The summed E-state index contributed by atoms with van der Waals surface area (Å²) in [7, 11) is 0. The molecular weight excluding hydrogens is 202 g/mol. The van der Waals surface area contributed by atoms with Crippen LogP contribution >= 0.6 is 0 Å². The summed E-state index contributed by atoms with van der Waals surface area (Å²) in [5.74, 6) is 0.0415. The van der Waals surface area contributed by atoms with Crippen LogP contribution in [0.15, 0.2) is 24.3 Å². The second-order valence-electron chi connectivity index (χ2n) is 3.79. The van der Waals surface area contributed by atoms with Gasteiger partial charge < -0.3 is 10.2 Å². The molecule has 1 saturated heterocycles. The summed E-state index contributed by atoms with van der Waals surface area (Å²) >= 11 is 0. The summed E-state index contributed by atoms with van der Waals surface area (Å²) in [6, 6.07) is 9.46. The standard InChI is InChI=1S/C12H13N3O/c13-8-10-3-1-4-11(7-10)15-6-2-5-14-12(16)9-15/h1,3-4,7H,2,5-6,9H2,(H,14,16). The van der Waals surface area contributed by atoms with E-state index < -0.39 is 0 Å². The SMILES string of the molecule is N#Cc1cccc(N2CCCNC(=O)C2)c1. The molecule has 2 rings (SSSR count). The summed E-state index contributed by atoms with van der Waals surface area (Å²) in [6.45, 7) is 1.94. The van der Waals surface area contributed by atoms with E-state index in [-0.39, 0.29) is 5.91 Å². The lowest BCUT2D eigenvalue weighted by Gasteiger charge is -2.21. The first-order valence-electron chi connectivity index (χ1n) is 5.31. The Balaban J connectivity index is 2.21. The van der Waals surface area contributed by atoms with Gasteiger partial charge in [-0.05, 0) is 24.6 Å². The molecule has 1 fully saturated rings. The predicted octanol–water partition coefficient (Wildman–Crippen LogP) is 0.885. The lowest BCUT2D eigenvalue weighted by Crippen LogP contribution is -2.32. The topological polar surface area (TPSA) is 56.1 Å². The van der Waals surface area contributed by atoms with Gasteiger partial charge >= 0.3 is 0 Å². The second-order valence-corrected chi connectivity index (χ2v) is 3.79. The van der Waals surface area contributed by atoms with Gasteiger partial charge in [0.2, 0.25) is 5.91 Å². The zero-order valence-electron chi connectivity index (χ0n) is 8.94. The highest BCUT2D eigenvalue weighted by Gasteiger charge is 2.14. The van der Waals surface area contributed by atoms with Gasteiger partial charge in [0.05, 0.1) is 18.2 Å². The molecule has 0 atom stereocenters. The highest BCUT2D eigenvalue weighted by molar-refractivity contribution is 5.81. The Hall–Kier alpha value is -2.02. The van der Waals surface area contributed by atoms with Crippen molar-refractivity contribution < 1.29 is 4.79 Å². The number of hydrogen-bond donors (Lipinski definition) is 1. The van der Waals surface area contributed by atoms with Crippen molar-refractivity contribution in [3.05, 3.63) is 29.8 Å². The maximum Gasteiger partial charge on any atom is 0.239 e. The molecule has 0 bridgehead atoms. The molecule has 82 valence electrons. The molecule has 1 aromatic rings. The molecule has 1 aromatic carbocycles. The zero-order chi connectivity index (χ0) is 11.4. The number of hydrogen-bond acceptors (Lipinski definition) is 3. The van der Waals surface area contributed by atoms with Crippen LogP contribution in [-0.2, 0) is 4.79 Å². The molecule has 1 aliphatic heterocycles. The molecule has 4 nitrogen and oxygen atoms in total. The summed E-state index contributed by atoms with van der Waals surface area (Å²) in [4.78, 5) is 13.4. The highest BCUT2D eigenvalue weighted by atomic mass is 16.2. The van der Waals surface area contributed by atoms with Gasteiger partial charge in [0.15, 0.2) is 0 Å². The Morgan fingerprint density at radius 3 is 3.12 bits per heavy atom. The molecule has 1 aliphatic rings. The minimum Gasteiger partial charge on any atom is -0.362 e. The van der Waals surface area contributed by atoms with Crippen molar-refractivity contribution in [2.24, 2.45) is 0 Å². The van der Waals surface area contributed by atoms with E-state index in [0.717, 1.165) is 25.2 Å². The third-order valence-corrected chi connectivity index (χ3v) is 2.60. The van der Waals surface area contributed by atoms with Crippen LogP contribution in [0.5, 0.6) is 0 Å². The molecule has 0 unspecified atom stereocenters. The zero-order valence-corrected chi connectivity index (χ0v) is 8.94. The minimum atomic E-state index is 0.0415. The summed E-state index contributed by atoms with van der Waals surface area (Å²) < 4.78 is 0. The van der Waals surface area contributed by atoms with Gasteiger partial charge in [-0.1, -0.05) is 6.07 Å². The number of benzene rings is 1. The molecule has 1 N–H and O–H groups in total. The average molecular weight is 215 g/mol. The van der Waals surface area contributed by atoms with Gasteiger partial charge in [-0.15, -0.1) is 0 Å². The maximum atomic E-state index is 11.4. The molecule has 0 saturated carbocycles. The molecule has 1 heterocycles. The number of nitrogens with one attached hydrogen (secondary N) is 1. The third kappa shape index (κ3) is 2.31. The first-order chi connectivity index (χ1) is 7.79. The van der Waals surface area contributed by atoms with Crippen LogP contribution in [0.25, 0.3) is 0 Å². The fourth-order valence-electron chi connectivity index (χ4n) is 1.80. The molecule has 0 aromatic heterocycles. The number of nitrogens with zero attached hydrogens (tertiary/aromatic N) is 2. The number of amides is 1. The van der Waals surface area contributed by atoms with Crippen molar-refractivity contribution in [2.75, 3.05) is 24.5 Å². The highest BCUT2D eigenvalue weighted by Crippen LogP contribution is 2.16. The van der Waals surface area contributed by atoms with Crippen LogP contribution in [0.4, 0.5) is 5.69 Å². The Kier molecular flexibility index (Phi) is 3.06. The van der Waals surface area contributed by atoms with Crippen LogP contribution in [0.2, 0.25) is 0 Å². The van der Waals surface area contributed by atoms with E-state index in [2.05, 4.69) is 11.4 Å². The van der Waals surface area contributed by atoms with Crippen molar-refractivity contribution in [3.63, 3.8) is 0 Å². The van der Waals surface area contributed by atoms with E-state index in [1.54, 1.807) is 6.07 Å². The minimum absolute atomic E-state index is 0.0415. The average Bonchev–Trinajstić information content (AvgIpc) is 2.54. The first kappa shape index (κ1) is 10.5. The predicted molar refractivity (Wildman–Crippen MR) is 61.0 cm³/mol. The monoisotopic (exact) mass is 215 g/mol. The van der Waals surface area contributed by atoms with Crippen molar-refractivity contribution >= 4 is 11.6 Å². The fourth-order valence-corrected chi connectivity index (χ4v) is 1.80. The fraction of sp³-hybridized carbons (Fsp3) is 0.333. The lowest BCUT2D eigenvalue weighted by molar-refractivity contribution is -0.119. The molecule has 0 aliphatic carbocycles. The normalized spacial score (nSPS) is 16.2. The molecule has 1 amide bonds. The molecular formula is C12H13N3O. The molecule has 0 radical (unpaired) electrons. The van der Waals surface area contributed by atoms with Crippen LogP contribution in [-0.4, -0.2) is 25.5 Å². The van der Waals surface area contributed by atoms with Crippen molar-refractivity contribution in [1.29, 1.82) is 5.26 Å². The maximum absolute atomic E-state index is 11.4. The molecule has 16 heavy (non-hydrogen) atoms. The number of anilines is 1. The number of nitriles is 1. The first-order valence-corrected chi connectivity index (χ1v) is 5.31. The van der Waals surface area contributed by atoms with Gasteiger partial charge in [-0.25, -0.2) is 0 Å². The van der Waals surface area contributed by atoms with Gasteiger partial charge in [0.1, 0.15) is 0 Å². The third-order valence-electron chi connectivity index (χ3n) is 2.60. The van der Waals surface area contributed by atoms with Crippen LogP contribution < -0.4 is 10.2 Å². The summed E-state index contributed by atoms with van der Waals surface area (Å²) in [5.41, 5.74) is 1.57. The Bertz CT molecular complexity index is 436. The van der Waals surface area contributed by atoms with Crippen molar-refractivity contribution in [1.82, 2.24) is 5.32 Å². The van der Waals surface area contributed by atoms with E-state index >= 15 is 0 Å². The summed E-state index contributed by atoms with van der Waals surface area (Å²) in [5, 5.41) is 11.6. The Morgan fingerprint density at radius 1 is 1.44 bits per heavy atom. The van der Waals surface area contributed by atoms with Gasteiger partial charge in [-0.3, -0.25) is 4.79 Å². The van der Waals surface area contributed by atoms with Crippen molar-refractivity contribution in [2.45, 2.75) is 6.42 Å². The van der Waals surface area contributed by atoms with E-state index in [0.29, 0.717) is 12.1 Å². The van der Waals surface area contributed by atoms with Crippen LogP contribution in [0.1, 0.15) is 12.0 Å². The van der Waals surface area contributed by atoms with E-state index in [1.165, 1.54) is 0 Å². The van der Waals surface area contributed by atoms with Gasteiger partial charge in [-0.2, -0.15) is 5.26 Å². The Labute approximate surface area is 94.5 Å². The molecule has 0 spiro atoms. The largest absolute Gasteiger partial charge is 0.362 e. The van der Waals surface area contributed by atoms with E-state index in [1.807, 2.05) is 23.1 Å². The van der Waals surface area contributed by atoms with Gasteiger partial charge in [0.25, 0.3) is 0 Å². The van der Waals surface area contributed by atoms with Crippen molar-refractivity contribution in [3.8, 4) is 6.07 Å². The number of rotatable bonds is 1. The van der Waals surface area contributed by atoms with Crippen LogP contribution in [0, 0.1) is 11.3 Å².